The normalized spacial score (nSPS) is 14.1. The molecule has 0 heterocycles. The van der Waals surface area contributed by atoms with Crippen LogP contribution >= 0.6 is 11.6 Å². The molecule has 0 saturated heterocycles. The van der Waals surface area contributed by atoms with Gasteiger partial charge in [0, 0.05) is 0 Å². The molecule has 1 aromatic carbocycles. The Bertz CT molecular complexity index is 410. The monoisotopic (exact) mass is 259 g/mol. The van der Waals surface area contributed by atoms with E-state index in [1.165, 1.54) is 18.2 Å². The van der Waals surface area contributed by atoms with Crippen LogP contribution in [0.25, 0.3) is 0 Å². The summed E-state index contributed by atoms with van der Waals surface area (Å²) < 4.78 is 4.59. The molecule has 0 radical (unpaired) electrons. The van der Waals surface area contributed by atoms with Gasteiger partial charge in [-0.05, 0) is 24.6 Å². The number of hydrogen-bond donors (Lipinski definition) is 3. The van der Waals surface area contributed by atoms with Crippen LogP contribution in [0.4, 0.5) is 5.69 Å². The average Bonchev–Trinajstić information content (AvgIpc) is 2.31. The number of nitrogen functional groups attached to an aromatic ring is 1. The van der Waals surface area contributed by atoms with Crippen molar-refractivity contribution in [3.05, 3.63) is 28.8 Å². The number of halogens is 1. The smallest absolute Gasteiger partial charge is 0.338 e. The zero-order valence-corrected chi connectivity index (χ0v) is 10.0. The van der Waals surface area contributed by atoms with Crippen molar-refractivity contribution in [2.75, 3.05) is 12.3 Å². The van der Waals surface area contributed by atoms with Crippen molar-refractivity contribution in [3.8, 4) is 0 Å². The zero-order chi connectivity index (χ0) is 13.0. The molecule has 5 nitrogen and oxygen atoms in total. The minimum atomic E-state index is -1.64. The Balaban J connectivity index is 2.84. The summed E-state index contributed by atoms with van der Waals surface area (Å²) in [5, 5.41) is 19.5. The number of benzene rings is 1. The number of carbonyl (C=O) groups is 1. The predicted octanol–water partition coefficient (Wildman–Crippen LogP) is 0.880. The lowest BCUT2D eigenvalue weighted by Crippen LogP contribution is -2.29. The maximum atomic E-state index is 11.2. The van der Waals surface area contributed by atoms with Crippen molar-refractivity contribution < 1.29 is 19.7 Å². The van der Waals surface area contributed by atoms with Crippen LogP contribution in [0.5, 0.6) is 0 Å². The van der Waals surface area contributed by atoms with Gasteiger partial charge < -0.3 is 20.7 Å². The fourth-order valence-electron chi connectivity index (χ4n) is 1.27. The number of carbonyl (C=O) groups excluding carboxylic acids is 1. The summed E-state index contributed by atoms with van der Waals surface area (Å²) in [6, 6.07) is 4.36. The molecule has 0 aliphatic heterocycles. The van der Waals surface area contributed by atoms with Gasteiger partial charge in [-0.25, -0.2) is 4.79 Å². The van der Waals surface area contributed by atoms with Gasteiger partial charge in [0.2, 0.25) is 0 Å². The van der Waals surface area contributed by atoms with E-state index in [0.717, 1.165) is 0 Å². The topological polar surface area (TPSA) is 92.8 Å². The molecule has 94 valence electrons. The van der Waals surface area contributed by atoms with Crippen molar-refractivity contribution in [2.45, 2.75) is 19.1 Å². The summed E-state index contributed by atoms with van der Waals surface area (Å²) in [7, 11) is 0. The first-order valence-electron chi connectivity index (χ1n) is 5.05. The number of hydrogen-bond acceptors (Lipinski definition) is 5. The fraction of sp³-hybridized carbons (Fsp3) is 0.364. The van der Waals surface area contributed by atoms with Gasteiger partial charge in [0.05, 0.1) is 17.3 Å². The van der Waals surface area contributed by atoms with Gasteiger partial charge in [0.1, 0.15) is 6.10 Å². The van der Waals surface area contributed by atoms with Crippen molar-refractivity contribution in [2.24, 2.45) is 0 Å². The average molecular weight is 260 g/mol. The maximum absolute atomic E-state index is 11.2. The van der Waals surface area contributed by atoms with E-state index in [1.807, 2.05) is 0 Å². The second kappa shape index (κ2) is 5.86. The van der Waals surface area contributed by atoms with Gasteiger partial charge in [0.15, 0.2) is 6.10 Å². The standard InChI is InChI=1S/C11H14ClNO4/c1-2-17-11(16)10(15)9(14)6-3-4-8(13)7(12)5-6/h3-5,9-10,14-15H,2,13H2,1H3. The Morgan fingerprint density at radius 3 is 2.71 bits per heavy atom. The van der Waals surface area contributed by atoms with Crippen molar-refractivity contribution in [1.82, 2.24) is 0 Å². The Morgan fingerprint density at radius 2 is 2.18 bits per heavy atom. The highest BCUT2D eigenvalue weighted by Crippen LogP contribution is 2.25. The summed E-state index contributed by atoms with van der Waals surface area (Å²) in [5.41, 5.74) is 6.16. The summed E-state index contributed by atoms with van der Waals surface area (Å²) in [6.45, 7) is 1.74. The van der Waals surface area contributed by atoms with Crippen LogP contribution in [-0.2, 0) is 9.53 Å². The first kappa shape index (κ1) is 13.8. The van der Waals surface area contributed by atoms with Crippen molar-refractivity contribution in [1.29, 1.82) is 0 Å². The van der Waals surface area contributed by atoms with Gasteiger partial charge in [-0.1, -0.05) is 17.7 Å². The second-order valence-electron chi connectivity index (χ2n) is 3.42. The highest BCUT2D eigenvalue weighted by atomic mass is 35.5. The van der Waals surface area contributed by atoms with Crippen LogP contribution < -0.4 is 5.73 Å². The van der Waals surface area contributed by atoms with E-state index in [4.69, 9.17) is 17.3 Å². The summed E-state index contributed by atoms with van der Waals surface area (Å²) in [4.78, 5) is 11.2. The predicted molar refractivity (Wildman–Crippen MR) is 63.5 cm³/mol. The van der Waals surface area contributed by atoms with E-state index in [0.29, 0.717) is 11.3 Å². The number of ether oxygens (including phenoxy) is 1. The molecule has 0 aromatic heterocycles. The molecule has 0 amide bonds. The Labute approximate surface area is 104 Å². The van der Waals surface area contributed by atoms with E-state index < -0.39 is 18.2 Å². The third-order valence-corrected chi connectivity index (χ3v) is 2.52. The van der Waals surface area contributed by atoms with Gasteiger partial charge in [0.25, 0.3) is 0 Å². The molecular weight excluding hydrogens is 246 g/mol. The fourth-order valence-corrected chi connectivity index (χ4v) is 1.46. The van der Waals surface area contributed by atoms with E-state index >= 15 is 0 Å². The number of esters is 1. The molecule has 0 spiro atoms. The van der Waals surface area contributed by atoms with Crippen molar-refractivity contribution >= 4 is 23.3 Å². The van der Waals surface area contributed by atoms with Crippen LogP contribution in [0, 0.1) is 0 Å². The molecule has 1 aromatic rings. The van der Waals surface area contributed by atoms with Crippen LogP contribution in [0.2, 0.25) is 5.02 Å². The molecule has 2 unspecified atom stereocenters. The second-order valence-corrected chi connectivity index (χ2v) is 3.83. The lowest BCUT2D eigenvalue weighted by atomic mass is 10.0. The highest BCUT2D eigenvalue weighted by Gasteiger charge is 2.27. The minimum Gasteiger partial charge on any atom is -0.464 e. The first-order valence-corrected chi connectivity index (χ1v) is 5.42. The number of rotatable bonds is 4. The summed E-state index contributed by atoms with van der Waals surface area (Å²) >= 11 is 5.77. The Morgan fingerprint density at radius 1 is 1.53 bits per heavy atom. The van der Waals surface area contributed by atoms with Crippen LogP contribution in [0.3, 0.4) is 0 Å². The molecule has 0 aliphatic carbocycles. The molecule has 0 bridgehead atoms. The Hall–Kier alpha value is -1.30. The first-order chi connectivity index (χ1) is 7.97. The molecule has 0 fully saturated rings. The van der Waals surface area contributed by atoms with E-state index in [9.17, 15) is 15.0 Å². The molecule has 17 heavy (non-hydrogen) atoms. The maximum Gasteiger partial charge on any atom is 0.338 e. The van der Waals surface area contributed by atoms with Gasteiger partial charge in [-0.2, -0.15) is 0 Å². The molecule has 1 rings (SSSR count). The molecule has 4 N–H and O–H groups in total. The van der Waals surface area contributed by atoms with E-state index in [2.05, 4.69) is 4.74 Å². The molecule has 6 heteroatoms. The van der Waals surface area contributed by atoms with Gasteiger partial charge >= 0.3 is 5.97 Å². The number of aliphatic hydroxyl groups excluding tert-OH is 2. The highest BCUT2D eigenvalue weighted by molar-refractivity contribution is 6.33. The quantitative estimate of drug-likeness (QED) is 0.551. The largest absolute Gasteiger partial charge is 0.464 e. The van der Waals surface area contributed by atoms with Crippen LogP contribution in [0.15, 0.2) is 18.2 Å². The molecule has 2 atom stereocenters. The lowest BCUT2D eigenvalue weighted by Gasteiger charge is -2.17. The summed E-state index contributed by atoms with van der Waals surface area (Å²) in [6.07, 6.45) is -3.04. The Kier molecular flexibility index (Phi) is 4.74. The van der Waals surface area contributed by atoms with Crippen LogP contribution in [0.1, 0.15) is 18.6 Å². The van der Waals surface area contributed by atoms with E-state index in [1.54, 1.807) is 6.92 Å². The third kappa shape index (κ3) is 3.33. The SMILES string of the molecule is CCOC(=O)C(O)C(O)c1ccc(N)c(Cl)c1. The van der Waals surface area contributed by atoms with Crippen molar-refractivity contribution in [3.63, 3.8) is 0 Å². The summed E-state index contributed by atoms with van der Waals surface area (Å²) in [5.74, 6) is -0.882. The van der Waals surface area contributed by atoms with E-state index in [-0.39, 0.29) is 11.6 Å². The molecular formula is C11H14ClNO4. The number of aliphatic hydroxyl groups is 2. The van der Waals surface area contributed by atoms with Gasteiger partial charge in [-0.15, -0.1) is 0 Å². The lowest BCUT2D eigenvalue weighted by molar-refractivity contribution is -0.159. The minimum absolute atomic E-state index is 0.130. The zero-order valence-electron chi connectivity index (χ0n) is 9.26. The molecule has 0 saturated carbocycles. The van der Waals surface area contributed by atoms with Crippen LogP contribution in [-0.4, -0.2) is 28.9 Å². The number of anilines is 1. The van der Waals surface area contributed by atoms with Gasteiger partial charge in [-0.3, -0.25) is 0 Å². The number of nitrogens with two attached hydrogens (primary N) is 1. The molecule has 0 aliphatic rings. The third-order valence-electron chi connectivity index (χ3n) is 2.19.